The largest absolute Gasteiger partial charge is 0.497 e. The van der Waals surface area contributed by atoms with E-state index in [9.17, 15) is 14.4 Å². The summed E-state index contributed by atoms with van der Waals surface area (Å²) in [7, 11) is 1.62. The number of aryl methyl sites for hydroxylation is 1. The molecule has 1 amide bonds. The molecule has 1 N–H and O–H groups in total. The fraction of sp³-hybridized carbons (Fsp3) is 0.300. The number of aldehydes is 1. The molecule has 0 aliphatic carbocycles. The lowest BCUT2D eigenvalue weighted by atomic mass is 10.1. The number of carbonyl (C=O) groups excluding carboxylic acids is 3. The maximum absolute atomic E-state index is 12.2. The summed E-state index contributed by atoms with van der Waals surface area (Å²) >= 11 is 12.5. The molecule has 0 radical (unpaired) electrons. The number of likely N-dealkylation sites (tertiary alicyclic amines) is 1. The van der Waals surface area contributed by atoms with Crippen LogP contribution < -0.4 is 10.1 Å². The third-order valence-corrected chi connectivity index (χ3v) is 6.94. The SMILES string of the molecule is CCOCOC(=O)c1ccccc1Nc1c(Cl)ccc(C)c1Cl.COc1ccc(CN2CC(C=O)CC2=O)cc1. The minimum Gasteiger partial charge on any atom is -0.497 e. The van der Waals surface area contributed by atoms with Crippen molar-refractivity contribution in [3.8, 4) is 5.75 Å². The highest BCUT2D eigenvalue weighted by Crippen LogP contribution is 2.36. The number of hydrogen-bond donors (Lipinski definition) is 1. The van der Waals surface area contributed by atoms with Gasteiger partial charge in [0.2, 0.25) is 5.91 Å². The Morgan fingerprint density at radius 3 is 2.48 bits per heavy atom. The van der Waals surface area contributed by atoms with Crippen molar-refractivity contribution in [1.29, 1.82) is 0 Å². The molecule has 0 spiro atoms. The van der Waals surface area contributed by atoms with Crippen LogP contribution in [0.2, 0.25) is 10.0 Å². The highest BCUT2D eigenvalue weighted by atomic mass is 35.5. The standard InChI is InChI=1S/C17H17Cl2NO3.C13H15NO3/c1-3-22-10-23-17(21)12-6-4-5-7-14(12)20-16-13(18)9-8-11(2)15(16)19;1-17-12-4-2-10(3-5-12)7-14-8-11(9-15)6-13(14)16/h4-9,20H,3,10H2,1-2H3;2-5,9,11H,6-8H2,1H3. The molecule has 1 aliphatic rings. The van der Waals surface area contributed by atoms with Gasteiger partial charge in [-0.1, -0.05) is 53.5 Å². The summed E-state index contributed by atoms with van der Waals surface area (Å²) in [5.41, 5.74) is 3.42. The van der Waals surface area contributed by atoms with Crippen molar-refractivity contribution in [1.82, 2.24) is 4.90 Å². The molecule has 1 saturated heterocycles. The predicted molar refractivity (Wildman–Crippen MR) is 155 cm³/mol. The molecule has 1 aliphatic heterocycles. The second-order valence-corrected chi connectivity index (χ2v) is 9.77. The first-order chi connectivity index (χ1) is 19.3. The topological polar surface area (TPSA) is 94.2 Å². The van der Waals surface area contributed by atoms with E-state index >= 15 is 0 Å². The molecule has 0 bridgehead atoms. The van der Waals surface area contributed by atoms with Gasteiger partial charge in [0.25, 0.3) is 0 Å². The molecule has 8 nitrogen and oxygen atoms in total. The Morgan fingerprint density at radius 1 is 1.10 bits per heavy atom. The number of amides is 1. The molecule has 10 heteroatoms. The van der Waals surface area contributed by atoms with Crippen LogP contribution >= 0.6 is 23.2 Å². The van der Waals surface area contributed by atoms with Crippen LogP contribution in [0, 0.1) is 12.8 Å². The number of nitrogens with zero attached hydrogens (tertiary/aromatic N) is 1. The lowest BCUT2D eigenvalue weighted by molar-refractivity contribution is -0.128. The number of benzene rings is 3. The van der Waals surface area contributed by atoms with Crippen molar-refractivity contribution in [2.45, 2.75) is 26.8 Å². The van der Waals surface area contributed by atoms with Gasteiger partial charge in [-0.05, 0) is 55.3 Å². The van der Waals surface area contributed by atoms with E-state index < -0.39 is 5.97 Å². The summed E-state index contributed by atoms with van der Waals surface area (Å²) in [5, 5.41) is 4.10. The summed E-state index contributed by atoms with van der Waals surface area (Å²) in [4.78, 5) is 36.1. The normalized spacial score (nSPS) is 14.3. The molecule has 3 aromatic rings. The van der Waals surface area contributed by atoms with Gasteiger partial charge in [0.15, 0.2) is 6.79 Å². The maximum Gasteiger partial charge on any atom is 0.342 e. The number of para-hydroxylation sites is 1. The monoisotopic (exact) mass is 586 g/mol. The smallest absolute Gasteiger partial charge is 0.342 e. The summed E-state index contributed by atoms with van der Waals surface area (Å²) in [6.45, 7) is 5.19. The molecular formula is C30H32Cl2N2O6. The van der Waals surface area contributed by atoms with Gasteiger partial charge in [-0.3, -0.25) is 4.79 Å². The van der Waals surface area contributed by atoms with Crippen LogP contribution in [-0.4, -0.2) is 50.1 Å². The Morgan fingerprint density at radius 2 is 1.82 bits per heavy atom. The van der Waals surface area contributed by atoms with E-state index in [0.29, 0.717) is 53.1 Å². The van der Waals surface area contributed by atoms with Crippen molar-refractivity contribution in [2.24, 2.45) is 5.92 Å². The summed E-state index contributed by atoms with van der Waals surface area (Å²) in [5.74, 6) is 0.229. The average Bonchev–Trinajstić information content (AvgIpc) is 3.33. The zero-order chi connectivity index (χ0) is 29.1. The van der Waals surface area contributed by atoms with Crippen molar-refractivity contribution in [3.63, 3.8) is 0 Å². The number of nitrogens with one attached hydrogen (secondary N) is 1. The molecule has 40 heavy (non-hydrogen) atoms. The zero-order valence-electron chi connectivity index (χ0n) is 22.6. The van der Waals surface area contributed by atoms with Crippen LogP contribution in [0.3, 0.4) is 0 Å². The maximum atomic E-state index is 12.2. The first-order valence-electron chi connectivity index (χ1n) is 12.7. The lowest BCUT2D eigenvalue weighted by Crippen LogP contribution is -2.24. The van der Waals surface area contributed by atoms with E-state index in [0.717, 1.165) is 23.2 Å². The average molecular weight is 588 g/mol. The molecule has 1 fully saturated rings. The van der Waals surface area contributed by atoms with Gasteiger partial charge in [0, 0.05) is 32.0 Å². The van der Waals surface area contributed by atoms with Gasteiger partial charge in [-0.2, -0.15) is 0 Å². The Hall–Kier alpha value is -3.59. The minimum absolute atomic E-state index is 0.0536. The number of methoxy groups -OCH3 is 1. The fourth-order valence-corrected chi connectivity index (χ4v) is 4.40. The molecule has 1 heterocycles. The van der Waals surface area contributed by atoms with Gasteiger partial charge in [0.1, 0.15) is 12.0 Å². The molecule has 4 rings (SSSR count). The molecule has 1 unspecified atom stereocenters. The fourth-order valence-electron chi connectivity index (χ4n) is 3.93. The van der Waals surface area contributed by atoms with E-state index in [-0.39, 0.29) is 18.6 Å². The van der Waals surface area contributed by atoms with Crippen molar-refractivity contribution >= 4 is 52.7 Å². The van der Waals surface area contributed by atoms with E-state index in [4.69, 9.17) is 37.4 Å². The number of ether oxygens (including phenoxy) is 3. The van der Waals surface area contributed by atoms with E-state index in [1.54, 1.807) is 42.3 Å². The van der Waals surface area contributed by atoms with Crippen LogP contribution in [0.25, 0.3) is 0 Å². The number of rotatable bonds is 10. The molecule has 3 aromatic carbocycles. The second-order valence-electron chi connectivity index (χ2n) is 8.99. The van der Waals surface area contributed by atoms with Crippen LogP contribution in [-0.2, 0) is 25.6 Å². The van der Waals surface area contributed by atoms with E-state index in [1.165, 1.54) is 0 Å². The Labute approximate surface area is 244 Å². The molecule has 212 valence electrons. The first-order valence-corrected chi connectivity index (χ1v) is 13.4. The summed E-state index contributed by atoms with van der Waals surface area (Å²) in [6, 6.07) is 18.2. The molecular weight excluding hydrogens is 555 g/mol. The van der Waals surface area contributed by atoms with Gasteiger partial charge >= 0.3 is 5.97 Å². The van der Waals surface area contributed by atoms with Crippen LogP contribution in [0.1, 0.15) is 34.8 Å². The van der Waals surface area contributed by atoms with Gasteiger partial charge in [-0.15, -0.1) is 0 Å². The van der Waals surface area contributed by atoms with Gasteiger partial charge < -0.3 is 29.2 Å². The molecule has 1 atom stereocenters. The van der Waals surface area contributed by atoms with Crippen molar-refractivity contribution in [2.75, 3.05) is 32.4 Å². The minimum atomic E-state index is -0.485. The van der Waals surface area contributed by atoms with Crippen LogP contribution in [0.5, 0.6) is 5.75 Å². The van der Waals surface area contributed by atoms with Crippen molar-refractivity contribution < 1.29 is 28.6 Å². The first kappa shape index (κ1) is 30.9. The van der Waals surface area contributed by atoms with Gasteiger partial charge in [-0.25, -0.2) is 4.79 Å². The quantitative estimate of drug-likeness (QED) is 0.126. The molecule has 0 aromatic heterocycles. The number of anilines is 2. The van der Waals surface area contributed by atoms with Crippen molar-refractivity contribution in [3.05, 3.63) is 87.4 Å². The zero-order valence-corrected chi connectivity index (χ0v) is 24.1. The van der Waals surface area contributed by atoms with E-state index in [2.05, 4.69) is 5.32 Å². The summed E-state index contributed by atoms with van der Waals surface area (Å²) in [6.07, 6.45) is 1.21. The number of esters is 1. The Balaban J connectivity index is 0.000000230. The number of carbonyl (C=O) groups is 3. The summed E-state index contributed by atoms with van der Waals surface area (Å²) < 4.78 is 15.2. The van der Waals surface area contributed by atoms with Gasteiger partial charge in [0.05, 0.1) is 34.1 Å². The molecule has 0 saturated carbocycles. The third-order valence-electron chi connectivity index (χ3n) is 6.14. The third kappa shape index (κ3) is 8.45. The Kier molecular flexibility index (Phi) is 11.8. The number of hydrogen-bond acceptors (Lipinski definition) is 7. The highest BCUT2D eigenvalue weighted by Gasteiger charge is 2.28. The van der Waals surface area contributed by atoms with Crippen LogP contribution in [0.15, 0.2) is 60.7 Å². The number of halogens is 2. The highest BCUT2D eigenvalue weighted by molar-refractivity contribution is 6.39. The lowest BCUT2D eigenvalue weighted by Gasteiger charge is -2.15. The van der Waals surface area contributed by atoms with Crippen LogP contribution in [0.4, 0.5) is 11.4 Å². The van der Waals surface area contributed by atoms with E-state index in [1.807, 2.05) is 44.2 Å². The second kappa shape index (κ2) is 15.3. The predicted octanol–water partition coefficient (Wildman–Crippen LogP) is 6.44. The Bertz CT molecular complexity index is 1320.